The van der Waals surface area contributed by atoms with Gasteiger partial charge in [-0.2, -0.15) is 0 Å². The Balaban J connectivity index is 1.22. The first-order valence-electron chi connectivity index (χ1n) is 17.8. The molecule has 1 spiro atoms. The third-order valence-electron chi connectivity index (χ3n) is 10.9. The van der Waals surface area contributed by atoms with E-state index in [1.807, 2.05) is 0 Å². The Morgan fingerprint density at radius 1 is 0.385 bits per heavy atom. The Morgan fingerprint density at radius 2 is 0.981 bits per heavy atom. The smallest absolute Gasteiger partial charge is 0.140 e. The topological polar surface area (TPSA) is 23.4 Å². The van der Waals surface area contributed by atoms with Gasteiger partial charge in [0, 0.05) is 44.3 Å². The highest BCUT2D eigenvalue weighted by Gasteiger charge is 2.51. The molecule has 3 nitrogen and oxygen atoms in total. The zero-order chi connectivity index (χ0) is 34.2. The second kappa shape index (κ2) is 11.1. The van der Waals surface area contributed by atoms with Crippen LogP contribution in [0, 0.1) is 0 Å². The van der Waals surface area contributed by atoms with Crippen molar-refractivity contribution in [1.29, 1.82) is 0 Å². The summed E-state index contributed by atoms with van der Waals surface area (Å²) < 4.78 is 16.2. The molecule has 0 radical (unpaired) electrons. The predicted octanol–water partition coefficient (Wildman–Crippen LogP) is 12.7. The first-order valence-corrected chi connectivity index (χ1v) is 17.8. The largest absolute Gasteiger partial charge is 0.457 e. The summed E-state index contributed by atoms with van der Waals surface area (Å²) in [6.45, 7) is 0. The van der Waals surface area contributed by atoms with Crippen LogP contribution in [0.4, 0.5) is 0 Å². The molecule has 0 amide bonds. The molecule has 9 aromatic rings. The summed E-state index contributed by atoms with van der Waals surface area (Å²) in [6.07, 6.45) is 0. The van der Waals surface area contributed by atoms with Crippen molar-refractivity contribution < 1.29 is 9.47 Å². The van der Waals surface area contributed by atoms with Crippen LogP contribution in [-0.2, 0) is 5.41 Å². The van der Waals surface area contributed by atoms with Crippen molar-refractivity contribution in [2.75, 3.05) is 0 Å². The average Bonchev–Trinajstić information content (AvgIpc) is 3.56. The van der Waals surface area contributed by atoms with E-state index in [1.165, 1.54) is 27.4 Å². The minimum atomic E-state index is -0.674. The Hall–Kier alpha value is -6.84. The van der Waals surface area contributed by atoms with Gasteiger partial charge < -0.3 is 14.0 Å². The van der Waals surface area contributed by atoms with Crippen LogP contribution in [0.25, 0.3) is 49.7 Å². The second-order valence-corrected chi connectivity index (χ2v) is 13.6. The van der Waals surface area contributed by atoms with Gasteiger partial charge in [-0.05, 0) is 59.2 Å². The molecule has 244 valence electrons. The van der Waals surface area contributed by atoms with Crippen molar-refractivity contribution in [3.05, 3.63) is 210 Å². The first kappa shape index (κ1) is 28.9. The van der Waals surface area contributed by atoms with Gasteiger partial charge in [-0.15, -0.1) is 0 Å². The number of ether oxygens (including phenoxy) is 2. The van der Waals surface area contributed by atoms with E-state index in [1.54, 1.807) is 0 Å². The molecule has 1 aromatic heterocycles. The molecule has 0 saturated carbocycles. The SMILES string of the molecule is c1ccc(-c2cccc3c2Oc2cc(-c4cccc5c4c4ccccc4n5-c4ccccc4)ccc2C32c3ccccc3Oc3ccccc32)cc1. The summed E-state index contributed by atoms with van der Waals surface area (Å²) in [7, 11) is 0. The van der Waals surface area contributed by atoms with E-state index in [9.17, 15) is 0 Å². The van der Waals surface area contributed by atoms with E-state index in [-0.39, 0.29) is 0 Å². The van der Waals surface area contributed by atoms with Gasteiger partial charge in [0.05, 0.1) is 16.4 Å². The molecule has 2 aliphatic heterocycles. The maximum Gasteiger partial charge on any atom is 0.140 e. The molecule has 0 bridgehead atoms. The van der Waals surface area contributed by atoms with Crippen molar-refractivity contribution in [3.63, 3.8) is 0 Å². The standard InChI is InChI=1S/C49H31NO2/c1-3-15-32(16-4-1)36-21-13-24-41-48(36)52-46-31-33(29-30-40(46)49(41)38-22-8-11-27-44(38)51-45-28-12-9-23-39(45)49)35-20-14-26-43-47(35)37-19-7-10-25-42(37)50(43)34-17-5-2-6-18-34/h1-31H. The highest BCUT2D eigenvalue weighted by atomic mass is 16.5. The highest BCUT2D eigenvalue weighted by Crippen LogP contribution is 2.63. The van der Waals surface area contributed by atoms with Gasteiger partial charge in [-0.1, -0.05) is 146 Å². The van der Waals surface area contributed by atoms with Crippen molar-refractivity contribution >= 4 is 21.8 Å². The average molecular weight is 666 g/mol. The number of aromatic nitrogens is 1. The summed E-state index contributed by atoms with van der Waals surface area (Å²) in [5.41, 5.74) is 11.7. The monoisotopic (exact) mass is 665 g/mol. The number of nitrogens with zero attached hydrogens (tertiary/aromatic N) is 1. The van der Waals surface area contributed by atoms with Gasteiger partial charge in [0.2, 0.25) is 0 Å². The molecule has 52 heavy (non-hydrogen) atoms. The van der Waals surface area contributed by atoms with E-state index >= 15 is 0 Å². The number of fused-ring (bicyclic) bond motifs is 11. The van der Waals surface area contributed by atoms with E-state index in [0.717, 1.165) is 67.6 Å². The molecule has 8 aromatic carbocycles. The third kappa shape index (κ3) is 3.96. The molecular formula is C49H31NO2. The molecule has 0 saturated heterocycles. The Morgan fingerprint density at radius 3 is 1.77 bits per heavy atom. The molecular weight excluding hydrogens is 635 g/mol. The second-order valence-electron chi connectivity index (χ2n) is 13.6. The Kier molecular flexibility index (Phi) is 6.17. The summed E-state index contributed by atoms with van der Waals surface area (Å²) in [4.78, 5) is 0. The fourth-order valence-electron chi connectivity index (χ4n) is 8.82. The number of hydrogen-bond donors (Lipinski definition) is 0. The first-order chi connectivity index (χ1) is 25.8. The molecule has 0 N–H and O–H groups in total. The Labute approximate surface area is 301 Å². The molecule has 0 unspecified atom stereocenters. The van der Waals surface area contributed by atoms with E-state index in [4.69, 9.17) is 9.47 Å². The van der Waals surface area contributed by atoms with Gasteiger partial charge in [0.25, 0.3) is 0 Å². The summed E-state index contributed by atoms with van der Waals surface area (Å²) >= 11 is 0. The Bertz CT molecular complexity index is 2810. The van der Waals surface area contributed by atoms with Gasteiger partial charge in [-0.25, -0.2) is 0 Å². The zero-order valence-electron chi connectivity index (χ0n) is 28.2. The number of hydrogen-bond acceptors (Lipinski definition) is 2. The minimum Gasteiger partial charge on any atom is -0.457 e. The van der Waals surface area contributed by atoms with Crippen LogP contribution in [0.5, 0.6) is 23.0 Å². The van der Waals surface area contributed by atoms with Crippen molar-refractivity contribution in [2.45, 2.75) is 5.41 Å². The van der Waals surface area contributed by atoms with Crippen LogP contribution < -0.4 is 9.47 Å². The highest BCUT2D eigenvalue weighted by molar-refractivity contribution is 6.15. The van der Waals surface area contributed by atoms with E-state index in [0.29, 0.717) is 0 Å². The number of para-hydroxylation sites is 5. The van der Waals surface area contributed by atoms with Crippen LogP contribution in [0.2, 0.25) is 0 Å². The van der Waals surface area contributed by atoms with Crippen LogP contribution in [0.3, 0.4) is 0 Å². The fourth-order valence-corrected chi connectivity index (χ4v) is 8.82. The molecule has 3 heterocycles. The number of benzene rings is 8. The maximum absolute atomic E-state index is 7.21. The molecule has 0 atom stereocenters. The molecule has 0 aliphatic carbocycles. The maximum atomic E-state index is 7.21. The van der Waals surface area contributed by atoms with Crippen LogP contribution in [0.15, 0.2) is 188 Å². The van der Waals surface area contributed by atoms with E-state index in [2.05, 4.69) is 193 Å². The molecule has 3 heteroatoms. The van der Waals surface area contributed by atoms with Gasteiger partial charge in [0.15, 0.2) is 0 Å². The lowest BCUT2D eigenvalue weighted by molar-refractivity contribution is 0.400. The van der Waals surface area contributed by atoms with Crippen LogP contribution in [0.1, 0.15) is 22.3 Å². The normalized spacial score (nSPS) is 13.5. The lowest BCUT2D eigenvalue weighted by Gasteiger charge is -2.45. The van der Waals surface area contributed by atoms with Crippen molar-refractivity contribution in [3.8, 4) is 50.9 Å². The van der Waals surface area contributed by atoms with E-state index < -0.39 is 5.41 Å². The lowest BCUT2D eigenvalue weighted by Crippen LogP contribution is -2.37. The fraction of sp³-hybridized carbons (Fsp3) is 0.0204. The van der Waals surface area contributed by atoms with Gasteiger partial charge >= 0.3 is 0 Å². The minimum absolute atomic E-state index is 0.674. The molecule has 0 fully saturated rings. The summed E-state index contributed by atoms with van der Waals surface area (Å²) in [5.74, 6) is 3.41. The molecule has 11 rings (SSSR count). The lowest BCUT2D eigenvalue weighted by atomic mass is 9.62. The van der Waals surface area contributed by atoms with Crippen LogP contribution >= 0.6 is 0 Å². The van der Waals surface area contributed by atoms with Gasteiger partial charge in [-0.3, -0.25) is 0 Å². The summed E-state index contributed by atoms with van der Waals surface area (Å²) in [6, 6.07) is 66.9. The number of rotatable bonds is 3. The quantitative estimate of drug-likeness (QED) is 0.187. The van der Waals surface area contributed by atoms with Gasteiger partial charge in [0.1, 0.15) is 23.0 Å². The zero-order valence-corrected chi connectivity index (χ0v) is 28.2. The third-order valence-corrected chi connectivity index (χ3v) is 10.9. The van der Waals surface area contributed by atoms with Crippen molar-refractivity contribution in [1.82, 2.24) is 4.57 Å². The summed E-state index contributed by atoms with van der Waals surface area (Å²) in [5, 5.41) is 2.44. The van der Waals surface area contributed by atoms with Crippen LogP contribution in [-0.4, -0.2) is 4.57 Å². The predicted molar refractivity (Wildman–Crippen MR) is 210 cm³/mol. The molecule has 2 aliphatic rings. The van der Waals surface area contributed by atoms with Crippen molar-refractivity contribution in [2.24, 2.45) is 0 Å².